The zero-order valence-electron chi connectivity index (χ0n) is 13.8. The maximum absolute atomic E-state index is 13.3. The van der Waals surface area contributed by atoms with Gasteiger partial charge in [-0.2, -0.15) is 0 Å². The molecule has 5 heteroatoms. The average molecular weight is 404 g/mol. The standard InChI is InChI=1S/C21H14BrN3O/c22-15-10-11-18-23-19-16-8-4-5-9-17(16)21(26)25(20(19)24(18)13-15)12-14-6-2-1-3-7-14/h1-11,13H,12H2. The summed E-state index contributed by atoms with van der Waals surface area (Å²) in [5, 5.41) is 1.58. The van der Waals surface area contributed by atoms with Crippen molar-refractivity contribution in [1.29, 1.82) is 0 Å². The van der Waals surface area contributed by atoms with Crippen molar-refractivity contribution in [2.24, 2.45) is 0 Å². The molecule has 0 atom stereocenters. The molecule has 0 spiro atoms. The molecule has 0 aliphatic carbocycles. The van der Waals surface area contributed by atoms with E-state index in [9.17, 15) is 4.79 Å². The van der Waals surface area contributed by atoms with Crippen molar-refractivity contribution in [2.75, 3.05) is 0 Å². The Morgan fingerprint density at radius 3 is 2.42 bits per heavy atom. The second-order valence-corrected chi connectivity index (χ2v) is 7.20. The molecule has 5 aromatic rings. The number of fused-ring (bicyclic) bond motifs is 5. The molecule has 0 radical (unpaired) electrons. The van der Waals surface area contributed by atoms with Crippen LogP contribution in [0, 0.1) is 0 Å². The van der Waals surface area contributed by atoms with E-state index in [1.54, 1.807) is 0 Å². The molecule has 2 aromatic carbocycles. The SMILES string of the molecule is O=c1c2ccccc2c2nc3ccc(Br)cn3c2n1Cc1ccccc1. The van der Waals surface area contributed by atoms with E-state index in [0.717, 1.165) is 32.2 Å². The van der Waals surface area contributed by atoms with E-state index in [0.29, 0.717) is 11.9 Å². The summed E-state index contributed by atoms with van der Waals surface area (Å²) in [5.74, 6) is 0. The van der Waals surface area contributed by atoms with Crippen LogP contribution in [0.2, 0.25) is 0 Å². The van der Waals surface area contributed by atoms with Crippen molar-refractivity contribution in [3.05, 3.63) is 93.3 Å². The normalized spacial score (nSPS) is 11.6. The molecule has 3 aromatic heterocycles. The number of nitrogens with zero attached hydrogens (tertiary/aromatic N) is 3. The molecule has 3 heterocycles. The third-order valence-electron chi connectivity index (χ3n) is 4.65. The zero-order valence-corrected chi connectivity index (χ0v) is 15.3. The quantitative estimate of drug-likeness (QED) is 0.431. The smallest absolute Gasteiger partial charge is 0.260 e. The number of hydrogen-bond donors (Lipinski definition) is 0. The van der Waals surface area contributed by atoms with E-state index in [-0.39, 0.29) is 5.56 Å². The maximum atomic E-state index is 13.3. The lowest BCUT2D eigenvalue weighted by molar-refractivity contribution is 0.786. The van der Waals surface area contributed by atoms with Gasteiger partial charge in [0.15, 0.2) is 0 Å². The number of hydrogen-bond acceptors (Lipinski definition) is 2. The summed E-state index contributed by atoms with van der Waals surface area (Å²) >= 11 is 3.53. The summed E-state index contributed by atoms with van der Waals surface area (Å²) in [6.07, 6.45) is 1.96. The van der Waals surface area contributed by atoms with Crippen molar-refractivity contribution in [3.8, 4) is 0 Å². The molecule has 0 amide bonds. The number of aromatic nitrogens is 3. The first-order valence-electron chi connectivity index (χ1n) is 8.35. The first-order valence-corrected chi connectivity index (χ1v) is 9.14. The molecule has 0 saturated heterocycles. The van der Waals surface area contributed by atoms with Gasteiger partial charge in [-0.15, -0.1) is 0 Å². The maximum Gasteiger partial charge on any atom is 0.260 e. The molecular formula is C21H14BrN3O. The molecule has 0 aliphatic heterocycles. The largest absolute Gasteiger partial charge is 0.287 e. The van der Waals surface area contributed by atoms with E-state index >= 15 is 0 Å². The molecule has 126 valence electrons. The minimum atomic E-state index is -0.00118. The van der Waals surface area contributed by atoms with Gasteiger partial charge in [0.25, 0.3) is 5.56 Å². The molecule has 0 unspecified atom stereocenters. The summed E-state index contributed by atoms with van der Waals surface area (Å²) < 4.78 is 4.74. The minimum Gasteiger partial charge on any atom is -0.287 e. The van der Waals surface area contributed by atoms with Crippen LogP contribution in [0.4, 0.5) is 0 Å². The molecule has 4 nitrogen and oxygen atoms in total. The fourth-order valence-electron chi connectivity index (χ4n) is 3.48. The summed E-state index contributed by atoms with van der Waals surface area (Å²) in [5.41, 5.74) is 3.55. The Bertz CT molecular complexity index is 1340. The van der Waals surface area contributed by atoms with Gasteiger partial charge in [-0.1, -0.05) is 48.5 Å². The number of halogens is 1. The fourth-order valence-corrected chi connectivity index (χ4v) is 3.81. The summed E-state index contributed by atoms with van der Waals surface area (Å²) in [6, 6.07) is 21.6. The number of pyridine rings is 2. The average Bonchev–Trinajstić information content (AvgIpc) is 3.05. The molecule has 26 heavy (non-hydrogen) atoms. The first kappa shape index (κ1) is 15.3. The van der Waals surface area contributed by atoms with Gasteiger partial charge in [-0.05, 0) is 39.7 Å². The highest BCUT2D eigenvalue weighted by Crippen LogP contribution is 2.25. The predicted molar refractivity (Wildman–Crippen MR) is 108 cm³/mol. The number of benzene rings is 2. The zero-order chi connectivity index (χ0) is 17.7. The number of rotatable bonds is 2. The molecule has 0 fully saturated rings. The van der Waals surface area contributed by atoms with E-state index in [1.165, 1.54) is 0 Å². The third-order valence-corrected chi connectivity index (χ3v) is 5.12. The monoisotopic (exact) mass is 403 g/mol. The highest BCUT2D eigenvalue weighted by atomic mass is 79.9. The topological polar surface area (TPSA) is 39.3 Å². The Kier molecular flexibility index (Phi) is 3.43. The Hall–Kier alpha value is -2.92. The van der Waals surface area contributed by atoms with Crippen LogP contribution in [0.25, 0.3) is 27.6 Å². The van der Waals surface area contributed by atoms with Gasteiger partial charge < -0.3 is 0 Å². The third kappa shape index (κ3) is 2.28. The lowest BCUT2D eigenvalue weighted by Gasteiger charge is -2.11. The molecule has 0 N–H and O–H groups in total. The predicted octanol–water partition coefficient (Wildman–Crippen LogP) is 4.61. The Morgan fingerprint density at radius 2 is 1.62 bits per heavy atom. The molecule has 0 aliphatic rings. The van der Waals surface area contributed by atoms with Crippen LogP contribution in [0.1, 0.15) is 5.56 Å². The molecule has 5 rings (SSSR count). The Balaban J connectivity index is 1.97. The lowest BCUT2D eigenvalue weighted by atomic mass is 10.1. The second-order valence-electron chi connectivity index (χ2n) is 6.28. The van der Waals surface area contributed by atoms with Crippen molar-refractivity contribution < 1.29 is 0 Å². The molecule has 0 bridgehead atoms. The summed E-state index contributed by atoms with van der Waals surface area (Å²) in [6.45, 7) is 0.501. The van der Waals surface area contributed by atoms with Crippen LogP contribution in [0.5, 0.6) is 0 Å². The van der Waals surface area contributed by atoms with E-state index in [1.807, 2.05) is 81.9 Å². The highest BCUT2D eigenvalue weighted by Gasteiger charge is 2.16. The highest BCUT2D eigenvalue weighted by molar-refractivity contribution is 9.10. The van der Waals surface area contributed by atoms with Crippen LogP contribution in [-0.4, -0.2) is 14.0 Å². The van der Waals surface area contributed by atoms with Gasteiger partial charge in [0, 0.05) is 21.4 Å². The van der Waals surface area contributed by atoms with Crippen LogP contribution >= 0.6 is 15.9 Å². The van der Waals surface area contributed by atoms with E-state index < -0.39 is 0 Å². The van der Waals surface area contributed by atoms with Crippen LogP contribution in [0.3, 0.4) is 0 Å². The summed E-state index contributed by atoms with van der Waals surface area (Å²) in [4.78, 5) is 18.1. The van der Waals surface area contributed by atoms with Gasteiger partial charge in [0.1, 0.15) is 16.8 Å². The summed E-state index contributed by atoms with van der Waals surface area (Å²) in [7, 11) is 0. The Labute approximate surface area is 157 Å². The molecular weight excluding hydrogens is 390 g/mol. The van der Waals surface area contributed by atoms with Crippen molar-refractivity contribution in [3.63, 3.8) is 0 Å². The first-order chi connectivity index (χ1) is 12.7. The van der Waals surface area contributed by atoms with Crippen LogP contribution in [0.15, 0.2) is 82.2 Å². The van der Waals surface area contributed by atoms with Gasteiger partial charge in [0.2, 0.25) is 0 Å². The van der Waals surface area contributed by atoms with Gasteiger partial charge in [-0.3, -0.25) is 13.8 Å². The van der Waals surface area contributed by atoms with Crippen molar-refractivity contribution in [2.45, 2.75) is 6.54 Å². The Morgan fingerprint density at radius 1 is 0.885 bits per heavy atom. The fraction of sp³-hybridized carbons (Fsp3) is 0.0476. The van der Waals surface area contributed by atoms with Crippen LogP contribution in [-0.2, 0) is 6.54 Å². The number of imidazole rings is 1. The van der Waals surface area contributed by atoms with Crippen molar-refractivity contribution >= 4 is 43.5 Å². The van der Waals surface area contributed by atoms with Gasteiger partial charge in [0.05, 0.1) is 6.54 Å². The van der Waals surface area contributed by atoms with E-state index in [4.69, 9.17) is 4.98 Å². The van der Waals surface area contributed by atoms with Crippen LogP contribution < -0.4 is 5.56 Å². The van der Waals surface area contributed by atoms with Crippen molar-refractivity contribution in [1.82, 2.24) is 14.0 Å². The minimum absolute atomic E-state index is 0.00118. The van der Waals surface area contributed by atoms with E-state index in [2.05, 4.69) is 15.9 Å². The second kappa shape index (κ2) is 5.81. The lowest BCUT2D eigenvalue weighted by Crippen LogP contribution is -2.22. The van der Waals surface area contributed by atoms with Gasteiger partial charge in [-0.25, -0.2) is 4.98 Å². The molecule has 0 saturated carbocycles. The van der Waals surface area contributed by atoms with Gasteiger partial charge >= 0.3 is 0 Å².